The van der Waals surface area contributed by atoms with Gasteiger partial charge in [0.15, 0.2) is 5.82 Å². The maximum Gasteiger partial charge on any atom is 0.330 e. The van der Waals surface area contributed by atoms with E-state index in [-0.39, 0.29) is 22.9 Å². The Morgan fingerprint density at radius 2 is 1.94 bits per heavy atom. The number of fused-ring (bicyclic) bond motifs is 3. The Balaban J connectivity index is 1.31. The van der Waals surface area contributed by atoms with Crippen molar-refractivity contribution in [2.45, 2.75) is 13.5 Å². The number of aromatic amines is 1. The van der Waals surface area contributed by atoms with Gasteiger partial charge in [-0.3, -0.25) is 14.1 Å². The molecule has 0 radical (unpaired) electrons. The summed E-state index contributed by atoms with van der Waals surface area (Å²) < 4.78 is 16.8. The Hall–Kier alpha value is -3.72. The zero-order valence-corrected chi connectivity index (χ0v) is 18.6. The van der Waals surface area contributed by atoms with Crippen molar-refractivity contribution in [2.75, 3.05) is 38.1 Å². The van der Waals surface area contributed by atoms with Crippen molar-refractivity contribution in [3.63, 3.8) is 0 Å². The first kappa shape index (κ1) is 21.1. The number of hydrogen-bond donors (Lipinski definition) is 2. The molecule has 0 spiro atoms. The third-order valence-corrected chi connectivity index (χ3v) is 6.32. The lowest BCUT2D eigenvalue weighted by atomic mass is 10.1. The van der Waals surface area contributed by atoms with Crippen molar-refractivity contribution in [3.05, 3.63) is 75.8 Å². The van der Waals surface area contributed by atoms with Crippen LogP contribution in [0.15, 0.2) is 47.4 Å². The van der Waals surface area contributed by atoms with Crippen LogP contribution >= 0.6 is 0 Å². The number of piperazine rings is 1. The van der Waals surface area contributed by atoms with Gasteiger partial charge in [-0.05, 0) is 31.2 Å². The lowest BCUT2D eigenvalue weighted by molar-refractivity contribution is 0.0958. The van der Waals surface area contributed by atoms with E-state index in [0.717, 1.165) is 37.6 Å². The third kappa shape index (κ3) is 3.74. The normalized spacial score (nSPS) is 14.8. The smallest absolute Gasteiger partial charge is 0.330 e. The van der Waals surface area contributed by atoms with Gasteiger partial charge in [-0.2, -0.15) is 0 Å². The van der Waals surface area contributed by atoms with E-state index in [9.17, 15) is 9.59 Å². The zero-order chi connectivity index (χ0) is 23.1. The number of nitrogens with one attached hydrogen (secondary N) is 2. The molecule has 0 saturated carbocycles. The number of hydrogen-bond acceptors (Lipinski definition) is 5. The van der Waals surface area contributed by atoms with Crippen molar-refractivity contribution < 1.29 is 9.18 Å². The van der Waals surface area contributed by atoms with E-state index < -0.39 is 0 Å². The van der Waals surface area contributed by atoms with Crippen LogP contribution < -0.4 is 15.9 Å². The lowest BCUT2D eigenvalue weighted by Crippen LogP contribution is -2.46. The molecule has 1 amide bonds. The number of carbonyl (C=O) groups is 1. The number of benzene rings is 1. The molecule has 5 rings (SSSR count). The molecular weight excluding hydrogens is 423 g/mol. The van der Waals surface area contributed by atoms with Gasteiger partial charge in [0, 0.05) is 56.9 Å². The van der Waals surface area contributed by atoms with E-state index in [2.05, 4.69) is 25.1 Å². The zero-order valence-electron chi connectivity index (χ0n) is 18.6. The Bertz CT molecular complexity index is 1420. The van der Waals surface area contributed by atoms with Gasteiger partial charge in [-0.1, -0.05) is 12.1 Å². The molecule has 9 heteroatoms. The van der Waals surface area contributed by atoms with E-state index >= 15 is 4.39 Å². The van der Waals surface area contributed by atoms with Crippen molar-refractivity contribution in [3.8, 4) is 0 Å². The quantitative estimate of drug-likeness (QED) is 0.501. The monoisotopic (exact) mass is 448 g/mol. The van der Waals surface area contributed by atoms with Crippen molar-refractivity contribution >= 4 is 28.0 Å². The van der Waals surface area contributed by atoms with E-state index in [1.165, 1.54) is 4.40 Å². The summed E-state index contributed by atoms with van der Waals surface area (Å²) in [5.74, 6) is -0.577. The molecule has 0 aliphatic carbocycles. The molecule has 1 aliphatic heterocycles. The van der Waals surface area contributed by atoms with E-state index in [0.29, 0.717) is 28.7 Å². The molecule has 1 fully saturated rings. The molecule has 1 aromatic carbocycles. The van der Waals surface area contributed by atoms with E-state index in [4.69, 9.17) is 0 Å². The van der Waals surface area contributed by atoms with E-state index in [1.54, 1.807) is 31.4 Å². The highest BCUT2D eigenvalue weighted by molar-refractivity contribution is 5.94. The summed E-state index contributed by atoms with van der Waals surface area (Å²) in [5, 5.41) is 3.28. The maximum absolute atomic E-state index is 15.3. The number of carbonyl (C=O) groups excluding carboxylic acids is 1. The Morgan fingerprint density at radius 3 is 2.67 bits per heavy atom. The first-order valence-corrected chi connectivity index (χ1v) is 10.9. The van der Waals surface area contributed by atoms with Gasteiger partial charge in [0.2, 0.25) is 0 Å². The highest BCUT2D eigenvalue weighted by Gasteiger charge is 2.21. The molecule has 4 aromatic rings. The highest BCUT2D eigenvalue weighted by atomic mass is 19.1. The molecule has 3 aromatic heterocycles. The largest absolute Gasteiger partial charge is 0.368 e. The summed E-state index contributed by atoms with van der Waals surface area (Å²) in [6.07, 6.45) is 1.67. The summed E-state index contributed by atoms with van der Waals surface area (Å²) in [6, 6.07) is 10.9. The van der Waals surface area contributed by atoms with E-state index in [1.807, 2.05) is 25.1 Å². The molecular formula is C24H25FN6O2. The first-order valence-electron chi connectivity index (χ1n) is 10.9. The number of anilines is 1. The molecule has 170 valence electrons. The fraction of sp³-hybridized carbons (Fsp3) is 0.292. The predicted molar refractivity (Wildman–Crippen MR) is 125 cm³/mol. The Labute approximate surface area is 189 Å². The number of pyridine rings is 1. The van der Waals surface area contributed by atoms with Crippen LogP contribution in [-0.4, -0.2) is 58.4 Å². The van der Waals surface area contributed by atoms with Crippen LogP contribution in [0.4, 0.5) is 10.1 Å². The van der Waals surface area contributed by atoms with Crippen molar-refractivity contribution in [1.82, 2.24) is 24.6 Å². The number of nitrogens with zero attached hydrogens (tertiary/aromatic N) is 4. The number of H-pyrrole nitrogens is 1. The standard InChI is InChI=1S/C24H25FN6O2/c1-15-19(8-7-18(27-15)23(32)26-2)30-12-10-29(11-13-30)14-16-5-6-17-20-4-3-9-31(20)24(33)28-22(17)21(16)25/h3-9H,10-14H2,1-2H3,(H,26,32)(H,28,33). The molecule has 4 heterocycles. The van der Waals surface area contributed by atoms with Crippen LogP contribution in [0.3, 0.4) is 0 Å². The van der Waals surface area contributed by atoms with Crippen LogP contribution in [0.2, 0.25) is 0 Å². The second-order valence-electron chi connectivity index (χ2n) is 8.30. The summed E-state index contributed by atoms with van der Waals surface area (Å²) in [7, 11) is 1.59. The molecule has 0 unspecified atom stereocenters. The molecule has 2 N–H and O–H groups in total. The van der Waals surface area contributed by atoms with Crippen LogP contribution in [0.25, 0.3) is 16.4 Å². The van der Waals surface area contributed by atoms with Crippen LogP contribution in [-0.2, 0) is 6.54 Å². The molecule has 0 atom stereocenters. The topological polar surface area (TPSA) is 85.7 Å². The van der Waals surface area contributed by atoms with Crippen molar-refractivity contribution in [2.24, 2.45) is 0 Å². The number of aryl methyl sites for hydroxylation is 1. The van der Waals surface area contributed by atoms with Crippen LogP contribution in [0.5, 0.6) is 0 Å². The molecule has 1 saturated heterocycles. The highest BCUT2D eigenvalue weighted by Crippen LogP contribution is 2.25. The minimum absolute atomic E-state index is 0.203. The average molecular weight is 449 g/mol. The summed E-state index contributed by atoms with van der Waals surface area (Å²) >= 11 is 0. The van der Waals surface area contributed by atoms with Gasteiger partial charge in [0.1, 0.15) is 5.69 Å². The number of aromatic nitrogens is 3. The Morgan fingerprint density at radius 1 is 1.15 bits per heavy atom. The minimum atomic E-state index is -0.374. The van der Waals surface area contributed by atoms with Crippen molar-refractivity contribution in [1.29, 1.82) is 0 Å². The minimum Gasteiger partial charge on any atom is -0.368 e. The number of amides is 1. The number of rotatable bonds is 4. The third-order valence-electron chi connectivity index (χ3n) is 6.32. The van der Waals surface area contributed by atoms with Gasteiger partial charge < -0.3 is 15.2 Å². The van der Waals surface area contributed by atoms with Gasteiger partial charge >= 0.3 is 5.69 Å². The first-order chi connectivity index (χ1) is 16.0. The lowest BCUT2D eigenvalue weighted by Gasteiger charge is -2.36. The van der Waals surface area contributed by atoms with Gasteiger partial charge in [-0.25, -0.2) is 14.2 Å². The fourth-order valence-electron chi connectivity index (χ4n) is 4.55. The molecule has 0 bridgehead atoms. The second-order valence-corrected chi connectivity index (χ2v) is 8.30. The average Bonchev–Trinajstić information content (AvgIpc) is 3.32. The van der Waals surface area contributed by atoms with Crippen LogP contribution in [0.1, 0.15) is 21.7 Å². The van der Waals surface area contributed by atoms with Crippen LogP contribution in [0, 0.1) is 12.7 Å². The second kappa shape index (κ2) is 8.32. The molecule has 8 nitrogen and oxygen atoms in total. The molecule has 33 heavy (non-hydrogen) atoms. The predicted octanol–water partition coefficient (Wildman–Crippen LogP) is 2.31. The summed E-state index contributed by atoms with van der Waals surface area (Å²) in [5.41, 5.74) is 3.38. The van der Waals surface area contributed by atoms with Gasteiger partial charge in [0.25, 0.3) is 5.91 Å². The summed E-state index contributed by atoms with van der Waals surface area (Å²) in [4.78, 5) is 35.6. The fourth-order valence-corrected chi connectivity index (χ4v) is 4.55. The van der Waals surface area contributed by atoms with Gasteiger partial charge in [0.05, 0.1) is 22.4 Å². The SMILES string of the molecule is CNC(=O)c1ccc(N2CCN(Cc3ccc4c([nH]c(=O)n5cccc45)c3F)CC2)c(C)n1. The van der Waals surface area contributed by atoms with Gasteiger partial charge in [-0.15, -0.1) is 0 Å². The number of halogens is 1. The summed E-state index contributed by atoms with van der Waals surface area (Å²) in [6.45, 7) is 5.46. The Kier molecular flexibility index (Phi) is 5.33. The maximum atomic E-state index is 15.3. The molecule has 1 aliphatic rings.